The van der Waals surface area contributed by atoms with Gasteiger partial charge in [0.25, 0.3) is 5.91 Å². The summed E-state index contributed by atoms with van der Waals surface area (Å²) in [5, 5.41) is 1.07. The Morgan fingerprint density at radius 2 is 1.79 bits per heavy atom. The maximum atomic E-state index is 13.8. The van der Waals surface area contributed by atoms with E-state index in [2.05, 4.69) is 0 Å². The molecule has 2 heterocycles. The highest BCUT2D eigenvalue weighted by molar-refractivity contribution is 7.80. The van der Waals surface area contributed by atoms with Crippen molar-refractivity contribution in [1.29, 1.82) is 0 Å². The molecule has 0 unspecified atom stereocenters. The molecular formula is C29H24FN3O4S. The van der Waals surface area contributed by atoms with Crippen molar-refractivity contribution < 1.29 is 23.5 Å². The fraction of sp³-hybridized carbons (Fsp3) is 0.138. The van der Waals surface area contributed by atoms with Crippen LogP contribution in [0.3, 0.4) is 0 Å². The van der Waals surface area contributed by atoms with Gasteiger partial charge >= 0.3 is 5.97 Å². The summed E-state index contributed by atoms with van der Waals surface area (Å²) >= 11 is 5.65. The number of esters is 1. The fourth-order valence-electron chi connectivity index (χ4n) is 4.49. The van der Waals surface area contributed by atoms with Crippen LogP contribution in [-0.4, -0.2) is 47.2 Å². The Bertz CT molecular complexity index is 1580. The number of halogens is 1. The number of nitrogens with zero attached hydrogens (tertiary/aromatic N) is 3. The first-order valence-electron chi connectivity index (χ1n) is 11.8. The van der Waals surface area contributed by atoms with Gasteiger partial charge in [-0.15, -0.1) is 0 Å². The molecule has 0 aliphatic carbocycles. The van der Waals surface area contributed by atoms with Gasteiger partial charge in [0, 0.05) is 29.2 Å². The summed E-state index contributed by atoms with van der Waals surface area (Å²) in [7, 11) is 2.85. The minimum absolute atomic E-state index is 0.167. The average molecular weight is 530 g/mol. The number of aromatic nitrogens is 1. The van der Waals surface area contributed by atoms with Crippen molar-refractivity contribution in [3.63, 3.8) is 0 Å². The topological polar surface area (TPSA) is 64.0 Å². The zero-order valence-electron chi connectivity index (χ0n) is 20.8. The number of hydrogen-bond donors (Lipinski definition) is 0. The number of amides is 1. The van der Waals surface area contributed by atoms with Crippen molar-refractivity contribution >= 4 is 51.9 Å². The van der Waals surface area contributed by atoms with Crippen LogP contribution in [0.1, 0.15) is 11.1 Å². The van der Waals surface area contributed by atoms with Crippen molar-refractivity contribution in [2.75, 3.05) is 25.7 Å². The molecule has 9 heteroatoms. The highest BCUT2D eigenvalue weighted by Gasteiger charge is 2.40. The Morgan fingerprint density at radius 1 is 1.03 bits per heavy atom. The Labute approximate surface area is 224 Å². The number of rotatable bonds is 7. The molecule has 0 spiro atoms. The van der Waals surface area contributed by atoms with Gasteiger partial charge in [-0.1, -0.05) is 30.3 Å². The molecule has 0 N–H and O–H groups in total. The van der Waals surface area contributed by atoms with Crippen molar-refractivity contribution in [3.8, 4) is 5.75 Å². The van der Waals surface area contributed by atoms with Crippen LogP contribution in [0.2, 0.25) is 0 Å². The number of fused-ring (bicyclic) bond motifs is 1. The van der Waals surface area contributed by atoms with Crippen LogP contribution >= 0.6 is 12.2 Å². The molecule has 0 radical (unpaired) electrons. The summed E-state index contributed by atoms with van der Waals surface area (Å²) in [4.78, 5) is 28.8. The van der Waals surface area contributed by atoms with Crippen molar-refractivity contribution in [1.82, 2.24) is 9.47 Å². The lowest BCUT2D eigenvalue weighted by Gasteiger charge is -2.19. The van der Waals surface area contributed by atoms with E-state index in [1.54, 1.807) is 43.5 Å². The first-order valence-corrected chi connectivity index (χ1v) is 12.2. The van der Waals surface area contributed by atoms with E-state index in [0.29, 0.717) is 18.0 Å². The Hall–Kier alpha value is -4.50. The normalized spacial score (nSPS) is 14.6. The molecule has 38 heavy (non-hydrogen) atoms. The average Bonchev–Trinajstić information content (AvgIpc) is 3.38. The standard InChI is InChI=1S/C29H24FN3O4S/c1-36-23-12-10-22(11-13-23)33-28(35)26(32(29(33)38)18-27(34)37-2)15-20-17-31(25-9-4-3-8-24(20)25)16-19-6-5-7-21(30)14-19/h3-15,17H,16,18H2,1-2H3/b26-15-. The van der Waals surface area contributed by atoms with Gasteiger partial charge in [0.1, 0.15) is 23.8 Å². The molecule has 192 valence electrons. The van der Waals surface area contributed by atoms with E-state index >= 15 is 0 Å². The van der Waals surface area contributed by atoms with Crippen LogP contribution in [0.5, 0.6) is 5.75 Å². The monoisotopic (exact) mass is 529 g/mol. The predicted molar refractivity (Wildman–Crippen MR) is 147 cm³/mol. The smallest absolute Gasteiger partial charge is 0.325 e. The molecule has 4 aromatic rings. The molecule has 3 aromatic carbocycles. The van der Waals surface area contributed by atoms with E-state index in [4.69, 9.17) is 21.7 Å². The van der Waals surface area contributed by atoms with Gasteiger partial charge in [-0.25, -0.2) is 4.39 Å². The van der Waals surface area contributed by atoms with E-state index in [1.807, 2.05) is 41.1 Å². The third-order valence-corrected chi connectivity index (χ3v) is 6.74. The number of thiocarbonyl (C=S) groups is 1. The predicted octanol–water partition coefficient (Wildman–Crippen LogP) is 4.98. The third-order valence-electron chi connectivity index (χ3n) is 6.33. The molecule has 1 saturated heterocycles. The Morgan fingerprint density at radius 3 is 2.50 bits per heavy atom. The number of methoxy groups -OCH3 is 2. The Balaban J connectivity index is 1.59. The lowest BCUT2D eigenvalue weighted by atomic mass is 10.1. The number of anilines is 1. The zero-order valence-corrected chi connectivity index (χ0v) is 21.6. The van der Waals surface area contributed by atoms with Gasteiger partial charge in [-0.05, 0) is 66.3 Å². The first-order chi connectivity index (χ1) is 18.4. The van der Waals surface area contributed by atoms with Gasteiger partial charge in [-0.2, -0.15) is 0 Å². The largest absolute Gasteiger partial charge is 0.497 e. The van der Waals surface area contributed by atoms with Crippen LogP contribution in [0.25, 0.3) is 17.0 Å². The third kappa shape index (κ3) is 4.76. The highest BCUT2D eigenvalue weighted by atomic mass is 32.1. The van der Waals surface area contributed by atoms with Gasteiger partial charge in [0.15, 0.2) is 5.11 Å². The molecule has 7 nitrogen and oxygen atoms in total. The fourth-order valence-corrected chi connectivity index (χ4v) is 4.84. The molecule has 5 rings (SSSR count). The van der Waals surface area contributed by atoms with E-state index in [1.165, 1.54) is 29.0 Å². The van der Waals surface area contributed by atoms with E-state index in [9.17, 15) is 14.0 Å². The summed E-state index contributed by atoms with van der Waals surface area (Å²) in [5.41, 5.74) is 3.27. The van der Waals surface area contributed by atoms with Gasteiger partial charge in [0.05, 0.1) is 19.9 Å². The maximum Gasteiger partial charge on any atom is 0.325 e. The molecule has 1 fully saturated rings. The second-order valence-electron chi connectivity index (χ2n) is 8.67. The van der Waals surface area contributed by atoms with Crippen LogP contribution < -0.4 is 9.64 Å². The van der Waals surface area contributed by atoms with Crippen LogP contribution in [-0.2, 0) is 20.9 Å². The Kier molecular flexibility index (Phi) is 6.93. The number of para-hydroxylation sites is 1. The molecule has 0 saturated carbocycles. The van der Waals surface area contributed by atoms with Crippen LogP contribution in [0, 0.1) is 5.82 Å². The summed E-state index contributed by atoms with van der Waals surface area (Å²) in [6.45, 7) is 0.221. The summed E-state index contributed by atoms with van der Waals surface area (Å²) in [5.74, 6) is -0.565. The van der Waals surface area contributed by atoms with Crippen molar-refractivity contribution in [2.24, 2.45) is 0 Å². The maximum absolute atomic E-state index is 13.8. The second-order valence-corrected chi connectivity index (χ2v) is 9.04. The molecule has 0 atom stereocenters. The second kappa shape index (κ2) is 10.5. The molecule has 0 bridgehead atoms. The molecular weight excluding hydrogens is 505 g/mol. The minimum atomic E-state index is -0.531. The van der Waals surface area contributed by atoms with Crippen LogP contribution in [0.15, 0.2) is 84.7 Å². The number of carbonyl (C=O) groups is 2. The lowest BCUT2D eigenvalue weighted by molar-refractivity contribution is -0.140. The van der Waals surface area contributed by atoms with Crippen LogP contribution in [0.4, 0.5) is 10.1 Å². The van der Waals surface area contributed by atoms with E-state index in [-0.39, 0.29) is 29.1 Å². The molecule has 1 aliphatic heterocycles. The van der Waals surface area contributed by atoms with Crippen molar-refractivity contribution in [3.05, 3.63) is 102 Å². The number of hydrogen-bond acceptors (Lipinski definition) is 5. The van der Waals surface area contributed by atoms with E-state index < -0.39 is 5.97 Å². The van der Waals surface area contributed by atoms with E-state index in [0.717, 1.165) is 22.0 Å². The minimum Gasteiger partial charge on any atom is -0.497 e. The zero-order chi connectivity index (χ0) is 26.8. The number of ether oxygens (including phenoxy) is 2. The number of carbonyl (C=O) groups excluding carboxylic acids is 2. The molecule has 1 aliphatic rings. The summed E-state index contributed by atoms with van der Waals surface area (Å²) < 4.78 is 25.9. The summed E-state index contributed by atoms with van der Waals surface area (Å²) in [6, 6.07) is 21.1. The number of benzene rings is 3. The SMILES string of the molecule is COC(=O)CN1C(=S)N(c2ccc(OC)cc2)C(=O)/C1=C/c1cn(Cc2cccc(F)c2)c2ccccc12. The van der Waals surface area contributed by atoms with Gasteiger partial charge in [-0.3, -0.25) is 14.5 Å². The van der Waals surface area contributed by atoms with Gasteiger partial charge < -0.3 is 18.9 Å². The lowest BCUT2D eigenvalue weighted by Crippen LogP contribution is -2.35. The van der Waals surface area contributed by atoms with Gasteiger partial charge in [0.2, 0.25) is 0 Å². The highest BCUT2D eigenvalue weighted by Crippen LogP contribution is 2.32. The first kappa shape index (κ1) is 25.2. The quantitative estimate of drug-likeness (QED) is 0.191. The molecule has 1 amide bonds. The van der Waals surface area contributed by atoms with Crippen molar-refractivity contribution in [2.45, 2.75) is 6.54 Å². The molecule has 1 aromatic heterocycles. The summed E-state index contributed by atoms with van der Waals surface area (Å²) in [6.07, 6.45) is 3.64.